The Morgan fingerprint density at radius 1 is 0.871 bits per heavy atom. The van der Waals surface area contributed by atoms with Crippen LogP contribution in [-0.4, -0.2) is 47.1 Å². The topological polar surface area (TPSA) is 44.5 Å². The van der Waals surface area contributed by atoms with Gasteiger partial charge in [0.1, 0.15) is 0 Å². The largest absolute Gasteiger partial charge is 0.399 e. The standard InChI is InChI=1S/C26H34N4S/c27-23-6-8-24(9-7-23)28-26(31)30-16-11-20(12-17-30)21-5-4-19-10-14-29(25-2-1-3-25)15-13-22(19)18-21/h4-9,18,20,25H,1-3,10-17,27H2,(H,28,31). The first-order valence-corrected chi connectivity index (χ1v) is 12.3. The molecule has 3 aliphatic rings. The summed E-state index contributed by atoms with van der Waals surface area (Å²) in [6, 6.07) is 16.0. The summed E-state index contributed by atoms with van der Waals surface area (Å²) in [5.74, 6) is 0.645. The number of nitrogens with zero attached hydrogens (tertiary/aromatic N) is 2. The third-order valence-electron chi connectivity index (χ3n) is 7.57. The summed E-state index contributed by atoms with van der Waals surface area (Å²) in [5, 5.41) is 4.18. The smallest absolute Gasteiger partial charge is 0.173 e. The van der Waals surface area contributed by atoms with Gasteiger partial charge in [0.05, 0.1) is 0 Å². The van der Waals surface area contributed by atoms with Crippen LogP contribution in [-0.2, 0) is 12.8 Å². The van der Waals surface area contributed by atoms with Crippen LogP contribution in [0.2, 0.25) is 0 Å². The lowest BCUT2D eigenvalue weighted by molar-refractivity contribution is 0.133. The fourth-order valence-electron chi connectivity index (χ4n) is 5.32. The fourth-order valence-corrected chi connectivity index (χ4v) is 5.62. The number of nitrogens with one attached hydrogen (secondary N) is 1. The molecule has 2 aromatic carbocycles. The molecule has 1 saturated carbocycles. The van der Waals surface area contributed by atoms with Crippen LogP contribution in [0.15, 0.2) is 42.5 Å². The maximum atomic E-state index is 5.78. The molecule has 0 radical (unpaired) electrons. The second-order valence-corrected chi connectivity index (χ2v) is 9.85. The zero-order chi connectivity index (χ0) is 21.2. The van der Waals surface area contributed by atoms with Gasteiger partial charge in [-0.1, -0.05) is 24.6 Å². The third-order valence-corrected chi connectivity index (χ3v) is 7.93. The van der Waals surface area contributed by atoms with E-state index in [-0.39, 0.29) is 0 Å². The van der Waals surface area contributed by atoms with Crippen molar-refractivity contribution in [1.82, 2.24) is 9.80 Å². The maximum absolute atomic E-state index is 5.78. The first kappa shape index (κ1) is 20.8. The number of hydrogen-bond acceptors (Lipinski definition) is 3. The van der Waals surface area contributed by atoms with E-state index in [1.165, 1.54) is 50.8 Å². The summed E-state index contributed by atoms with van der Waals surface area (Å²) < 4.78 is 0. The van der Waals surface area contributed by atoms with E-state index >= 15 is 0 Å². The lowest BCUT2D eigenvalue weighted by atomic mass is 9.87. The molecule has 1 aliphatic carbocycles. The summed E-state index contributed by atoms with van der Waals surface area (Å²) in [6.45, 7) is 4.51. The quantitative estimate of drug-likeness (QED) is 0.537. The van der Waals surface area contributed by atoms with Crippen molar-refractivity contribution in [1.29, 1.82) is 0 Å². The molecule has 3 N–H and O–H groups in total. The molecule has 0 spiro atoms. The highest BCUT2D eigenvalue weighted by atomic mass is 32.1. The number of nitrogens with two attached hydrogens (primary N) is 1. The van der Waals surface area contributed by atoms with E-state index in [0.29, 0.717) is 5.92 Å². The lowest BCUT2D eigenvalue weighted by Crippen LogP contribution is -2.41. The Balaban J connectivity index is 1.17. The Labute approximate surface area is 191 Å². The normalized spacial score (nSPS) is 20.6. The van der Waals surface area contributed by atoms with Crippen LogP contribution in [0.3, 0.4) is 0 Å². The molecule has 2 heterocycles. The van der Waals surface area contributed by atoms with Crippen molar-refractivity contribution in [2.45, 2.75) is 56.9 Å². The molecule has 0 bridgehead atoms. The van der Waals surface area contributed by atoms with E-state index in [0.717, 1.165) is 48.5 Å². The van der Waals surface area contributed by atoms with Gasteiger partial charge in [0.25, 0.3) is 0 Å². The number of thiocarbonyl (C=S) groups is 1. The SMILES string of the molecule is Nc1ccc(NC(=S)N2CCC(c3ccc4c(c3)CCN(C3CCC3)CC4)CC2)cc1. The van der Waals surface area contributed by atoms with Crippen LogP contribution < -0.4 is 11.1 Å². The van der Waals surface area contributed by atoms with Crippen molar-refractivity contribution in [3.05, 3.63) is 59.2 Å². The Morgan fingerprint density at radius 3 is 2.26 bits per heavy atom. The molecular formula is C26H34N4S. The van der Waals surface area contributed by atoms with Gasteiger partial charge in [-0.2, -0.15) is 0 Å². The molecule has 0 aromatic heterocycles. The number of nitrogen functional groups attached to an aromatic ring is 1. The number of piperidine rings is 1. The molecule has 0 amide bonds. The van der Waals surface area contributed by atoms with Gasteiger partial charge in [-0.05, 0) is 97.6 Å². The average molecular weight is 435 g/mol. The second kappa shape index (κ2) is 9.17. The van der Waals surface area contributed by atoms with Gasteiger partial charge >= 0.3 is 0 Å². The first-order chi connectivity index (χ1) is 15.2. The third kappa shape index (κ3) is 4.73. The van der Waals surface area contributed by atoms with Gasteiger partial charge in [0.15, 0.2) is 5.11 Å². The minimum atomic E-state index is 0.645. The van der Waals surface area contributed by atoms with Crippen molar-refractivity contribution >= 4 is 28.7 Å². The zero-order valence-corrected chi connectivity index (χ0v) is 19.2. The van der Waals surface area contributed by atoms with Crippen LogP contribution in [0.4, 0.5) is 11.4 Å². The van der Waals surface area contributed by atoms with Crippen LogP contribution in [0.25, 0.3) is 0 Å². The number of hydrogen-bond donors (Lipinski definition) is 2. The number of likely N-dealkylation sites (tertiary alicyclic amines) is 1. The summed E-state index contributed by atoms with van der Waals surface area (Å²) in [4.78, 5) is 5.05. The molecule has 164 valence electrons. The van der Waals surface area contributed by atoms with Crippen molar-refractivity contribution in [2.75, 3.05) is 37.2 Å². The predicted octanol–water partition coefficient (Wildman–Crippen LogP) is 4.80. The molecule has 5 rings (SSSR count). The van der Waals surface area contributed by atoms with E-state index in [2.05, 4.69) is 33.3 Å². The van der Waals surface area contributed by atoms with E-state index in [9.17, 15) is 0 Å². The lowest BCUT2D eigenvalue weighted by Gasteiger charge is -2.36. The van der Waals surface area contributed by atoms with E-state index in [1.807, 2.05) is 24.3 Å². The highest BCUT2D eigenvalue weighted by molar-refractivity contribution is 7.80. The number of benzene rings is 2. The van der Waals surface area contributed by atoms with Crippen molar-refractivity contribution in [3.8, 4) is 0 Å². The second-order valence-electron chi connectivity index (χ2n) is 9.46. The first-order valence-electron chi connectivity index (χ1n) is 11.9. The highest BCUT2D eigenvalue weighted by Gasteiger charge is 2.27. The van der Waals surface area contributed by atoms with Gasteiger partial charge in [-0.3, -0.25) is 4.90 Å². The molecular weight excluding hydrogens is 400 g/mol. The fraction of sp³-hybridized carbons (Fsp3) is 0.500. The van der Waals surface area contributed by atoms with Crippen LogP contribution in [0.1, 0.15) is 54.7 Å². The Morgan fingerprint density at radius 2 is 1.58 bits per heavy atom. The minimum absolute atomic E-state index is 0.645. The van der Waals surface area contributed by atoms with Crippen LogP contribution in [0.5, 0.6) is 0 Å². The van der Waals surface area contributed by atoms with Crippen LogP contribution in [0, 0.1) is 0 Å². The molecule has 2 aromatic rings. The Bertz CT molecular complexity index is 914. The van der Waals surface area contributed by atoms with E-state index < -0.39 is 0 Å². The monoisotopic (exact) mass is 434 g/mol. The van der Waals surface area contributed by atoms with Gasteiger partial charge < -0.3 is 16.0 Å². The van der Waals surface area contributed by atoms with Crippen molar-refractivity contribution in [2.24, 2.45) is 0 Å². The predicted molar refractivity (Wildman–Crippen MR) is 134 cm³/mol. The Hall–Kier alpha value is -2.11. The number of fused-ring (bicyclic) bond motifs is 1. The minimum Gasteiger partial charge on any atom is -0.399 e. The molecule has 4 nitrogen and oxygen atoms in total. The van der Waals surface area contributed by atoms with Crippen LogP contribution >= 0.6 is 12.2 Å². The maximum Gasteiger partial charge on any atom is 0.173 e. The van der Waals surface area contributed by atoms with E-state index in [4.69, 9.17) is 18.0 Å². The summed E-state index contributed by atoms with van der Waals surface area (Å²) in [5.41, 5.74) is 12.3. The Kier molecular flexibility index (Phi) is 6.15. The molecule has 1 saturated heterocycles. The summed E-state index contributed by atoms with van der Waals surface area (Å²) in [7, 11) is 0. The summed E-state index contributed by atoms with van der Waals surface area (Å²) >= 11 is 5.66. The number of rotatable bonds is 3. The molecule has 0 atom stereocenters. The zero-order valence-electron chi connectivity index (χ0n) is 18.4. The molecule has 31 heavy (non-hydrogen) atoms. The average Bonchev–Trinajstić information content (AvgIpc) is 2.96. The highest BCUT2D eigenvalue weighted by Crippen LogP contribution is 2.32. The van der Waals surface area contributed by atoms with Gasteiger partial charge in [0, 0.05) is 43.6 Å². The molecule has 2 fully saturated rings. The molecule has 2 aliphatic heterocycles. The summed E-state index contributed by atoms with van der Waals surface area (Å²) in [6.07, 6.45) is 9.01. The molecule has 0 unspecified atom stereocenters. The van der Waals surface area contributed by atoms with Gasteiger partial charge in [-0.25, -0.2) is 0 Å². The van der Waals surface area contributed by atoms with Gasteiger partial charge in [-0.15, -0.1) is 0 Å². The van der Waals surface area contributed by atoms with Gasteiger partial charge in [0.2, 0.25) is 0 Å². The van der Waals surface area contributed by atoms with E-state index in [1.54, 1.807) is 11.1 Å². The number of anilines is 2. The van der Waals surface area contributed by atoms with Crippen molar-refractivity contribution in [3.63, 3.8) is 0 Å². The van der Waals surface area contributed by atoms with Crippen molar-refractivity contribution < 1.29 is 0 Å². The molecule has 5 heteroatoms.